The predicted octanol–water partition coefficient (Wildman–Crippen LogP) is 6.91. The zero-order chi connectivity index (χ0) is 28.5. The molecule has 1 aliphatic heterocycles. The second-order valence-corrected chi connectivity index (χ2v) is 8.83. The number of alkyl halides is 3. The molecule has 3 aromatic rings. The highest BCUT2D eigenvalue weighted by atomic mass is 19.4. The Labute approximate surface area is 224 Å². The molecule has 0 fully saturated rings. The lowest BCUT2D eigenvalue weighted by molar-refractivity contribution is -0.139. The number of ether oxygens (including phenoxy) is 2. The molecule has 3 aromatic carbocycles. The highest BCUT2D eigenvalue weighted by molar-refractivity contribution is 6.26. The summed E-state index contributed by atoms with van der Waals surface area (Å²) in [6.07, 6.45) is -4.13. The van der Waals surface area contributed by atoms with Gasteiger partial charge in [0.15, 0.2) is 0 Å². The summed E-state index contributed by atoms with van der Waals surface area (Å²) in [6.45, 7) is 10.3. The Morgan fingerprint density at radius 3 is 2.36 bits per heavy atom. The van der Waals surface area contributed by atoms with E-state index in [2.05, 4.69) is 13.2 Å². The van der Waals surface area contributed by atoms with Crippen molar-refractivity contribution in [1.82, 2.24) is 0 Å². The van der Waals surface area contributed by atoms with E-state index in [4.69, 9.17) is 9.47 Å². The predicted molar refractivity (Wildman–Crippen MR) is 145 cm³/mol. The van der Waals surface area contributed by atoms with Crippen LogP contribution < -0.4 is 14.5 Å². The van der Waals surface area contributed by atoms with E-state index in [-0.39, 0.29) is 30.4 Å². The third-order valence-electron chi connectivity index (χ3n) is 6.33. The Hall–Kier alpha value is -4.53. The number of hydrogen-bond acceptors (Lipinski definition) is 5. The molecule has 202 valence electrons. The van der Waals surface area contributed by atoms with Crippen LogP contribution in [0, 0.1) is 0 Å². The molecular formula is C30H27F3N2O4. The van der Waals surface area contributed by atoms with E-state index < -0.39 is 23.4 Å². The molecule has 0 aromatic heterocycles. The SMILES string of the molecule is C=C/C(C(=O)OCC)=C(\N(C(=C)C)c1ccc2c3c(cccc13)C(=O)N2Cc1ccc(OC)cc1)C(F)(F)F. The van der Waals surface area contributed by atoms with Crippen LogP contribution in [-0.4, -0.2) is 31.8 Å². The summed E-state index contributed by atoms with van der Waals surface area (Å²) in [5.41, 5.74) is -0.115. The number of carbonyl (C=O) groups excluding carboxylic acids is 2. The molecule has 9 heteroatoms. The van der Waals surface area contributed by atoms with Crippen molar-refractivity contribution in [3.8, 4) is 5.75 Å². The van der Waals surface area contributed by atoms with E-state index in [1.54, 1.807) is 48.4 Å². The van der Waals surface area contributed by atoms with E-state index >= 15 is 0 Å². The van der Waals surface area contributed by atoms with Crippen molar-refractivity contribution in [2.45, 2.75) is 26.6 Å². The van der Waals surface area contributed by atoms with Crippen LogP contribution in [0.5, 0.6) is 5.75 Å². The second-order valence-electron chi connectivity index (χ2n) is 8.83. The highest BCUT2D eigenvalue weighted by Gasteiger charge is 2.43. The highest BCUT2D eigenvalue weighted by Crippen LogP contribution is 2.46. The Morgan fingerprint density at radius 1 is 1.10 bits per heavy atom. The second kappa shape index (κ2) is 10.7. The molecule has 0 aliphatic carbocycles. The molecule has 0 radical (unpaired) electrons. The minimum atomic E-state index is -4.96. The first-order chi connectivity index (χ1) is 18.5. The molecule has 0 unspecified atom stereocenters. The third-order valence-corrected chi connectivity index (χ3v) is 6.33. The standard InChI is InChI=1S/C30H27F3N2O4/c1-6-21(29(37)39-7-2)27(30(31,32)33)35(18(3)4)24-15-16-25-26-22(24)9-8-10-23(26)28(36)34(25)17-19-11-13-20(38-5)14-12-19/h6,8-16H,1,3,7,17H2,2,4-5H3/b27-21+. The summed E-state index contributed by atoms with van der Waals surface area (Å²) in [5, 5.41) is 0.908. The molecule has 0 bridgehead atoms. The van der Waals surface area contributed by atoms with Crippen molar-refractivity contribution in [3.05, 3.63) is 102 Å². The molecule has 0 spiro atoms. The monoisotopic (exact) mass is 536 g/mol. The number of allylic oxidation sites excluding steroid dienone is 2. The van der Waals surface area contributed by atoms with E-state index in [1.165, 1.54) is 19.9 Å². The molecule has 39 heavy (non-hydrogen) atoms. The maximum atomic E-state index is 14.6. The van der Waals surface area contributed by atoms with Crippen molar-refractivity contribution in [2.75, 3.05) is 23.5 Å². The molecule has 0 saturated heterocycles. The van der Waals surface area contributed by atoms with Gasteiger partial charge in [-0.3, -0.25) is 4.79 Å². The maximum absolute atomic E-state index is 14.6. The average Bonchev–Trinajstić information content (AvgIpc) is 3.17. The van der Waals surface area contributed by atoms with Gasteiger partial charge in [-0.05, 0) is 49.7 Å². The van der Waals surface area contributed by atoms with Crippen LogP contribution in [0.25, 0.3) is 10.8 Å². The summed E-state index contributed by atoms with van der Waals surface area (Å²) in [4.78, 5) is 28.4. The quantitative estimate of drug-likeness (QED) is 0.169. The summed E-state index contributed by atoms with van der Waals surface area (Å²) >= 11 is 0. The van der Waals surface area contributed by atoms with Crippen molar-refractivity contribution < 1.29 is 32.2 Å². The summed E-state index contributed by atoms with van der Waals surface area (Å²) < 4.78 is 53.8. The summed E-state index contributed by atoms with van der Waals surface area (Å²) in [6, 6.07) is 15.3. The van der Waals surface area contributed by atoms with Crippen LogP contribution in [-0.2, 0) is 16.1 Å². The van der Waals surface area contributed by atoms with Crippen LogP contribution in [0.1, 0.15) is 29.8 Å². The van der Waals surface area contributed by atoms with Crippen molar-refractivity contribution in [1.29, 1.82) is 0 Å². The number of anilines is 2. The number of rotatable bonds is 9. The van der Waals surface area contributed by atoms with Crippen LogP contribution in [0.2, 0.25) is 0 Å². The average molecular weight is 537 g/mol. The topological polar surface area (TPSA) is 59.1 Å². The van der Waals surface area contributed by atoms with Gasteiger partial charge in [0.05, 0.1) is 37.2 Å². The number of halogens is 3. The van der Waals surface area contributed by atoms with Crippen molar-refractivity contribution in [3.63, 3.8) is 0 Å². The number of esters is 1. The zero-order valence-corrected chi connectivity index (χ0v) is 21.8. The summed E-state index contributed by atoms with van der Waals surface area (Å²) in [7, 11) is 1.56. The fraction of sp³-hybridized carbons (Fsp3) is 0.200. The lowest BCUT2D eigenvalue weighted by Crippen LogP contribution is -2.33. The maximum Gasteiger partial charge on any atom is 0.432 e. The zero-order valence-electron chi connectivity index (χ0n) is 21.8. The first-order valence-electron chi connectivity index (χ1n) is 12.1. The lowest BCUT2D eigenvalue weighted by Gasteiger charge is -2.31. The van der Waals surface area contributed by atoms with Crippen LogP contribution in [0.4, 0.5) is 24.5 Å². The van der Waals surface area contributed by atoms with Gasteiger partial charge in [0, 0.05) is 22.0 Å². The number of methoxy groups -OCH3 is 1. The Kier molecular flexibility index (Phi) is 7.53. The third kappa shape index (κ3) is 4.99. The number of hydrogen-bond donors (Lipinski definition) is 0. The fourth-order valence-corrected chi connectivity index (χ4v) is 4.70. The van der Waals surface area contributed by atoms with Gasteiger partial charge in [-0.1, -0.05) is 43.5 Å². The van der Waals surface area contributed by atoms with Crippen LogP contribution >= 0.6 is 0 Å². The Balaban J connectivity index is 1.91. The number of benzene rings is 3. The smallest absolute Gasteiger partial charge is 0.432 e. The first kappa shape index (κ1) is 27.5. The van der Waals surface area contributed by atoms with Gasteiger partial charge in [0.2, 0.25) is 0 Å². The van der Waals surface area contributed by atoms with Crippen molar-refractivity contribution in [2.24, 2.45) is 0 Å². The van der Waals surface area contributed by atoms with Gasteiger partial charge in [0.25, 0.3) is 5.91 Å². The normalized spacial score (nSPS) is 13.3. The van der Waals surface area contributed by atoms with Crippen molar-refractivity contribution >= 4 is 34.0 Å². The van der Waals surface area contributed by atoms with Gasteiger partial charge in [-0.2, -0.15) is 13.2 Å². The van der Waals surface area contributed by atoms with E-state index in [1.807, 2.05) is 12.1 Å². The lowest BCUT2D eigenvalue weighted by atomic mass is 10.0. The fourth-order valence-electron chi connectivity index (χ4n) is 4.70. The van der Waals surface area contributed by atoms with Gasteiger partial charge < -0.3 is 19.3 Å². The first-order valence-corrected chi connectivity index (χ1v) is 12.1. The van der Waals surface area contributed by atoms with E-state index in [9.17, 15) is 22.8 Å². The van der Waals surface area contributed by atoms with Gasteiger partial charge in [-0.15, -0.1) is 0 Å². The molecule has 1 aliphatic rings. The molecule has 0 saturated carbocycles. The number of amides is 1. The molecule has 4 rings (SSSR count). The van der Waals surface area contributed by atoms with Crippen LogP contribution in [0.3, 0.4) is 0 Å². The minimum Gasteiger partial charge on any atom is -0.497 e. The molecule has 1 amide bonds. The molecule has 0 atom stereocenters. The van der Waals surface area contributed by atoms with Gasteiger partial charge >= 0.3 is 12.1 Å². The molecule has 6 nitrogen and oxygen atoms in total. The van der Waals surface area contributed by atoms with E-state index in [0.29, 0.717) is 27.8 Å². The van der Waals surface area contributed by atoms with Gasteiger partial charge in [0.1, 0.15) is 11.4 Å². The number of nitrogens with zero attached hydrogens (tertiary/aromatic N) is 2. The Bertz CT molecular complexity index is 1510. The largest absolute Gasteiger partial charge is 0.497 e. The Morgan fingerprint density at radius 2 is 1.79 bits per heavy atom. The van der Waals surface area contributed by atoms with Gasteiger partial charge in [-0.25, -0.2) is 4.79 Å². The number of carbonyl (C=O) groups is 2. The molecule has 0 N–H and O–H groups in total. The summed E-state index contributed by atoms with van der Waals surface area (Å²) in [5.74, 6) is -0.746. The molecular weight excluding hydrogens is 509 g/mol. The van der Waals surface area contributed by atoms with Crippen LogP contribution in [0.15, 0.2) is 90.8 Å². The minimum absolute atomic E-state index is 0.00564. The molecule has 1 heterocycles. The van der Waals surface area contributed by atoms with E-state index in [0.717, 1.165) is 16.5 Å².